The summed E-state index contributed by atoms with van der Waals surface area (Å²) in [7, 11) is 1.50. The van der Waals surface area contributed by atoms with Crippen LogP contribution < -0.4 is 15.4 Å². The summed E-state index contributed by atoms with van der Waals surface area (Å²) in [4.78, 5) is 30.9. The SMILES string of the molecule is CCOc1ccccc1NC(=O)N1CCC(OC)(C(=O)NCc2ncon2)CC1. The topological polar surface area (TPSA) is 119 Å². The maximum atomic E-state index is 12.7. The molecular formula is C19H25N5O5. The van der Waals surface area contributed by atoms with E-state index in [1.807, 2.05) is 19.1 Å². The Labute approximate surface area is 168 Å². The zero-order valence-corrected chi connectivity index (χ0v) is 16.5. The molecule has 1 aromatic carbocycles. The molecule has 10 nitrogen and oxygen atoms in total. The standard InChI is InChI=1S/C19H25N5O5/c1-3-28-15-7-5-4-6-14(15)22-18(26)24-10-8-19(27-2,9-11-24)17(25)20-12-16-21-13-29-23-16/h4-7,13H,3,8-12H2,1-2H3,(H,20,25)(H,22,26). The van der Waals surface area contributed by atoms with Gasteiger partial charge in [-0.2, -0.15) is 4.98 Å². The van der Waals surface area contributed by atoms with E-state index in [1.54, 1.807) is 17.0 Å². The lowest BCUT2D eigenvalue weighted by atomic mass is 9.90. The molecule has 0 aliphatic carbocycles. The fraction of sp³-hybridized carbons (Fsp3) is 0.474. The number of amides is 3. The van der Waals surface area contributed by atoms with Crippen molar-refractivity contribution >= 4 is 17.6 Å². The second-order valence-electron chi connectivity index (χ2n) is 6.57. The third-order valence-electron chi connectivity index (χ3n) is 4.91. The number of aromatic nitrogens is 2. The van der Waals surface area contributed by atoms with E-state index in [9.17, 15) is 9.59 Å². The Morgan fingerprint density at radius 3 is 2.69 bits per heavy atom. The van der Waals surface area contributed by atoms with E-state index < -0.39 is 5.60 Å². The van der Waals surface area contributed by atoms with Crippen LogP contribution in [-0.2, 0) is 16.1 Å². The summed E-state index contributed by atoms with van der Waals surface area (Å²) >= 11 is 0. The number of hydrogen-bond acceptors (Lipinski definition) is 7. The summed E-state index contributed by atoms with van der Waals surface area (Å²) in [5, 5.41) is 9.31. The highest BCUT2D eigenvalue weighted by atomic mass is 16.5. The Kier molecular flexibility index (Phi) is 6.65. The molecule has 2 N–H and O–H groups in total. The van der Waals surface area contributed by atoms with Gasteiger partial charge in [0, 0.05) is 33.0 Å². The van der Waals surface area contributed by atoms with E-state index in [-0.39, 0.29) is 18.5 Å². The minimum absolute atomic E-state index is 0.152. The van der Waals surface area contributed by atoms with Gasteiger partial charge in [0.05, 0.1) is 18.8 Å². The molecule has 2 heterocycles. The summed E-state index contributed by atoms with van der Waals surface area (Å²) < 4.78 is 15.7. The first kappa shape index (κ1) is 20.6. The van der Waals surface area contributed by atoms with Gasteiger partial charge in [0.15, 0.2) is 5.82 Å². The monoisotopic (exact) mass is 403 g/mol. The molecule has 1 aliphatic heterocycles. The lowest BCUT2D eigenvalue weighted by Crippen LogP contribution is -2.56. The van der Waals surface area contributed by atoms with Crippen molar-refractivity contribution in [2.75, 3.05) is 32.1 Å². The number of rotatable bonds is 7. The van der Waals surface area contributed by atoms with Crippen molar-refractivity contribution in [3.05, 3.63) is 36.5 Å². The lowest BCUT2D eigenvalue weighted by molar-refractivity contribution is -0.148. The van der Waals surface area contributed by atoms with Gasteiger partial charge in [-0.15, -0.1) is 0 Å². The van der Waals surface area contributed by atoms with Crippen molar-refractivity contribution < 1.29 is 23.6 Å². The van der Waals surface area contributed by atoms with Gasteiger partial charge in [-0.3, -0.25) is 4.79 Å². The molecule has 0 unspecified atom stereocenters. The quantitative estimate of drug-likeness (QED) is 0.723. The number of hydrogen-bond donors (Lipinski definition) is 2. The number of ether oxygens (including phenoxy) is 2. The molecule has 10 heteroatoms. The molecule has 0 bridgehead atoms. The summed E-state index contributed by atoms with van der Waals surface area (Å²) in [6.45, 7) is 3.31. The molecule has 0 atom stereocenters. The molecule has 0 spiro atoms. The summed E-state index contributed by atoms with van der Waals surface area (Å²) in [6.07, 6.45) is 1.96. The van der Waals surface area contributed by atoms with E-state index >= 15 is 0 Å². The second kappa shape index (κ2) is 9.37. The Morgan fingerprint density at radius 2 is 2.03 bits per heavy atom. The van der Waals surface area contributed by atoms with Crippen molar-refractivity contribution in [1.29, 1.82) is 0 Å². The summed E-state index contributed by atoms with van der Waals surface area (Å²) in [5.41, 5.74) is -0.384. The number of carbonyl (C=O) groups excluding carboxylic acids is 2. The van der Waals surface area contributed by atoms with Gasteiger partial charge in [0.25, 0.3) is 5.91 Å². The van der Waals surface area contributed by atoms with E-state index in [2.05, 4.69) is 25.3 Å². The van der Waals surface area contributed by atoms with Crippen molar-refractivity contribution in [2.45, 2.75) is 31.9 Å². The fourth-order valence-electron chi connectivity index (χ4n) is 3.23. The first-order chi connectivity index (χ1) is 14.1. The number of methoxy groups -OCH3 is 1. The van der Waals surface area contributed by atoms with Crippen molar-refractivity contribution in [2.24, 2.45) is 0 Å². The van der Waals surface area contributed by atoms with Crippen LogP contribution >= 0.6 is 0 Å². The minimum atomic E-state index is -0.996. The molecule has 1 aromatic heterocycles. The molecule has 3 amide bonds. The van der Waals surface area contributed by atoms with Crippen LogP contribution in [0.1, 0.15) is 25.6 Å². The predicted octanol–water partition coefficient (Wildman–Crippen LogP) is 1.80. The Bertz CT molecular complexity index is 818. The lowest BCUT2D eigenvalue weighted by Gasteiger charge is -2.39. The molecule has 1 aliphatic rings. The smallest absolute Gasteiger partial charge is 0.321 e. The molecule has 2 aromatic rings. The molecule has 1 saturated heterocycles. The minimum Gasteiger partial charge on any atom is -0.492 e. The number of anilines is 1. The van der Waals surface area contributed by atoms with E-state index in [0.717, 1.165) is 0 Å². The molecule has 0 saturated carbocycles. The third kappa shape index (κ3) is 4.83. The van der Waals surface area contributed by atoms with E-state index in [0.29, 0.717) is 49.8 Å². The maximum Gasteiger partial charge on any atom is 0.321 e. The van der Waals surface area contributed by atoms with Crippen LogP contribution in [0.4, 0.5) is 10.5 Å². The van der Waals surface area contributed by atoms with Gasteiger partial charge >= 0.3 is 6.03 Å². The number of nitrogens with zero attached hydrogens (tertiary/aromatic N) is 3. The summed E-state index contributed by atoms with van der Waals surface area (Å²) in [5.74, 6) is 0.744. The highest BCUT2D eigenvalue weighted by Gasteiger charge is 2.42. The summed E-state index contributed by atoms with van der Waals surface area (Å²) in [6, 6.07) is 7.03. The van der Waals surface area contributed by atoms with Gasteiger partial charge in [-0.25, -0.2) is 4.79 Å². The Morgan fingerprint density at radius 1 is 1.28 bits per heavy atom. The van der Waals surface area contributed by atoms with Crippen LogP contribution in [-0.4, -0.2) is 59.4 Å². The van der Waals surface area contributed by atoms with Crippen molar-refractivity contribution in [3.8, 4) is 5.75 Å². The van der Waals surface area contributed by atoms with Gasteiger partial charge in [-0.05, 0) is 19.1 Å². The van der Waals surface area contributed by atoms with E-state index in [1.165, 1.54) is 13.5 Å². The first-order valence-corrected chi connectivity index (χ1v) is 9.44. The number of piperidine rings is 1. The molecule has 0 radical (unpaired) electrons. The number of nitrogens with one attached hydrogen (secondary N) is 2. The predicted molar refractivity (Wildman–Crippen MR) is 103 cm³/mol. The average molecular weight is 403 g/mol. The van der Waals surface area contributed by atoms with Crippen LogP contribution in [0.15, 0.2) is 35.2 Å². The van der Waals surface area contributed by atoms with Crippen LogP contribution in [0.25, 0.3) is 0 Å². The highest BCUT2D eigenvalue weighted by Crippen LogP contribution is 2.28. The van der Waals surface area contributed by atoms with Gasteiger partial charge < -0.3 is 29.5 Å². The number of likely N-dealkylation sites (tertiary alicyclic amines) is 1. The van der Waals surface area contributed by atoms with Crippen molar-refractivity contribution in [3.63, 3.8) is 0 Å². The number of urea groups is 1. The third-order valence-corrected chi connectivity index (χ3v) is 4.91. The molecule has 1 fully saturated rings. The van der Waals surface area contributed by atoms with E-state index in [4.69, 9.17) is 9.47 Å². The molecule has 3 rings (SSSR count). The second-order valence-corrected chi connectivity index (χ2v) is 6.57. The molecule has 29 heavy (non-hydrogen) atoms. The Hall–Kier alpha value is -3.14. The average Bonchev–Trinajstić information content (AvgIpc) is 3.27. The largest absolute Gasteiger partial charge is 0.492 e. The number of carbonyl (C=O) groups is 2. The Balaban J connectivity index is 1.56. The molecule has 156 valence electrons. The zero-order valence-electron chi connectivity index (χ0n) is 16.5. The number of para-hydroxylation sites is 2. The van der Waals surface area contributed by atoms with Gasteiger partial charge in [0.1, 0.15) is 11.4 Å². The molecular weight excluding hydrogens is 378 g/mol. The maximum absolute atomic E-state index is 12.7. The zero-order chi connectivity index (χ0) is 20.7. The van der Waals surface area contributed by atoms with Crippen LogP contribution in [0.2, 0.25) is 0 Å². The number of benzene rings is 1. The normalized spacial score (nSPS) is 15.6. The first-order valence-electron chi connectivity index (χ1n) is 9.44. The highest BCUT2D eigenvalue weighted by molar-refractivity contribution is 5.91. The van der Waals surface area contributed by atoms with Crippen molar-refractivity contribution in [1.82, 2.24) is 20.4 Å². The van der Waals surface area contributed by atoms with Gasteiger partial charge in [-0.1, -0.05) is 17.3 Å². The van der Waals surface area contributed by atoms with Gasteiger partial charge in [0.2, 0.25) is 6.39 Å². The van der Waals surface area contributed by atoms with Crippen LogP contribution in [0.5, 0.6) is 5.75 Å². The van der Waals surface area contributed by atoms with Crippen LogP contribution in [0.3, 0.4) is 0 Å². The van der Waals surface area contributed by atoms with Crippen LogP contribution in [0, 0.1) is 0 Å². The fourth-order valence-corrected chi connectivity index (χ4v) is 3.23.